The van der Waals surface area contributed by atoms with Crippen LogP contribution >= 0.6 is 0 Å². The van der Waals surface area contributed by atoms with Crippen LogP contribution in [0, 0.1) is 18.6 Å². The minimum atomic E-state index is -5.72. The van der Waals surface area contributed by atoms with Crippen molar-refractivity contribution in [1.29, 1.82) is 0 Å². The van der Waals surface area contributed by atoms with E-state index in [2.05, 4.69) is 0 Å². The highest BCUT2D eigenvalue weighted by Crippen LogP contribution is 2.44. The number of nitrogens with one attached hydrogen (secondary N) is 1. The molecule has 0 amide bonds. The quantitative estimate of drug-likeness (QED) is 0.561. The fourth-order valence-corrected chi connectivity index (χ4v) is 6.54. The van der Waals surface area contributed by atoms with E-state index in [1.165, 1.54) is 4.72 Å². The predicted molar refractivity (Wildman–Crippen MR) is 104 cm³/mol. The van der Waals surface area contributed by atoms with Crippen molar-refractivity contribution in [3.8, 4) is 11.1 Å². The molecule has 0 atom stereocenters. The van der Waals surface area contributed by atoms with Crippen LogP contribution in [0.4, 0.5) is 35.1 Å². The highest BCUT2D eigenvalue weighted by Gasteiger charge is 2.50. The van der Waals surface area contributed by atoms with Gasteiger partial charge >= 0.3 is 21.7 Å². The largest absolute Gasteiger partial charge is 0.511 e. The third-order valence-corrected chi connectivity index (χ3v) is 8.96. The van der Waals surface area contributed by atoms with Crippen LogP contribution in [-0.2, 0) is 26.0 Å². The summed E-state index contributed by atoms with van der Waals surface area (Å²) >= 11 is 0. The van der Waals surface area contributed by atoms with Crippen molar-refractivity contribution >= 4 is 19.9 Å². The topological polar surface area (TPSA) is 80.3 Å². The second-order valence-electron chi connectivity index (χ2n) is 7.64. The summed E-state index contributed by atoms with van der Waals surface area (Å²) in [5.41, 5.74) is -9.30. The Morgan fingerprint density at radius 1 is 0.912 bits per heavy atom. The normalized spacial score (nSPS) is 19.7. The Morgan fingerprint density at radius 2 is 1.50 bits per heavy atom. The van der Waals surface area contributed by atoms with Crippen molar-refractivity contribution < 1.29 is 52.0 Å². The summed E-state index contributed by atoms with van der Waals surface area (Å²) in [6.07, 6.45) is -6.19. The van der Waals surface area contributed by atoms with Crippen LogP contribution in [0.15, 0.2) is 35.2 Å². The highest BCUT2D eigenvalue weighted by molar-refractivity contribution is 7.92. The Kier molecular flexibility index (Phi) is 6.54. The van der Waals surface area contributed by atoms with E-state index in [-0.39, 0.29) is 0 Å². The maximum Gasteiger partial charge on any atom is 0.511 e. The zero-order valence-electron chi connectivity index (χ0n) is 16.9. The fourth-order valence-electron chi connectivity index (χ4n) is 3.65. The van der Waals surface area contributed by atoms with E-state index in [0.29, 0.717) is 30.3 Å². The lowest BCUT2D eigenvalue weighted by molar-refractivity contribution is -0.137. The van der Waals surface area contributed by atoms with Gasteiger partial charge < -0.3 is 0 Å². The first kappa shape index (κ1) is 26.3. The van der Waals surface area contributed by atoms with Gasteiger partial charge in [-0.2, -0.15) is 26.3 Å². The number of benzene rings is 2. The monoisotopic (exact) mass is 537 g/mol. The molecule has 2 aromatic carbocycles. The number of sulfone groups is 1. The molecule has 1 aliphatic carbocycles. The van der Waals surface area contributed by atoms with Crippen LogP contribution < -0.4 is 4.72 Å². The standard InChI is InChI=1S/C19H15F8NO4S2/c1-9-16(33(29,30)12-7-11(8-12)28-34(31,32)19(25,26)27)5-3-14(18(22,23)24)17(9)13-6-10(20)2-4-15(13)21/h2-6,11-12,28H,7-8H2,1H3. The van der Waals surface area contributed by atoms with Crippen LogP contribution in [0.1, 0.15) is 24.0 Å². The second-order valence-corrected chi connectivity index (χ2v) is 11.5. The van der Waals surface area contributed by atoms with E-state index >= 15 is 0 Å². The van der Waals surface area contributed by atoms with Gasteiger partial charge in [0.2, 0.25) is 0 Å². The molecule has 188 valence electrons. The maximum atomic E-state index is 14.3. The lowest BCUT2D eigenvalue weighted by Crippen LogP contribution is -2.52. The third-order valence-electron chi connectivity index (χ3n) is 5.39. The van der Waals surface area contributed by atoms with Crippen LogP contribution in [0.5, 0.6) is 0 Å². The molecule has 1 N–H and O–H groups in total. The zero-order valence-corrected chi connectivity index (χ0v) is 18.6. The second kappa shape index (κ2) is 8.45. The van der Waals surface area contributed by atoms with Gasteiger partial charge in [0, 0.05) is 17.2 Å². The first-order valence-corrected chi connectivity index (χ1v) is 12.4. The Labute approximate surface area is 188 Å². The molecule has 0 spiro atoms. The van der Waals surface area contributed by atoms with Crippen LogP contribution in [0.3, 0.4) is 0 Å². The summed E-state index contributed by atoms with van der Waals surface area (Å²) in [7, 11) is -10.2. The average Bonchev–Trinajstić information content (AvgIpc) is 2.64. The number of hydrogen-bond acceptors (Lipinski definition) is 4. The smallest absolute Gasteiger partial charge is 0.223 e. The Balaban J connectivity index is 2.02. The minimum Gasteiger partial charge on any atom is -0.223 e. The van der Waals surface area contributed by atoms with Crippen molar-refractivity contribution in [3.63, 3.8) is 0 Å². The van der Waals surface area contributed by atoms with E-state index in [4.69, 9.17) is 0 Å². The van der Waals surface area contributed by atoms with Crippen molar-refractivity contribution in [2.24, 2.45) is 0 Å². The van der Waals surface area contributed by atoms with Gasteiger partial charge in [0.05, 0.1) is 15.7 Å². The lowest BCUT2D eigenvalue weighted by Gasteiger charge is -2.35. The summed E-state index contributed by atoms with van der Waals surface area (Å²) in [5, 5.41) is -1.41. The number of alkyl halides is 6. The minimum absolute atomic E-state index is 0.391. The number of sulfonamides is 1. The number of rotatable bonds is 5. The van der Waals surface area contributed by atoms with Crippen molar-refractivity contribution in [3.05, 3.63) is 53.1 Å². The summed E-state index contributed by atoms with van der Waals surface area (Å²) in [5.74, 6) is -2.31. The Hall–Kier alpha value is -2.26. The van der Waals surface area contributed by atoms with Crippen LogP contribution in [0.25, 0.3) is 11.1 Å². The summed E-state index contributed by atoms with van der Waals surface area (Å²) in [6, 6.07) is 1.38. The van der Waals surface area contributed by atoms with Crippen molar-refractivity contribution in [2.75, 3.05) is 0 Å². The van der Waals surface area contributed by atoms with Crippen LogP contribution in [0.2, 0.25) is 0 Å². The van der Waals surface area contributed by atoms with Gasteiger partial charge in [-0.15, -0.1) is 0 Å². The van der Waals surface area contributed by atoms with Gasteiger partial charge in [-0.3, -0.25) is 0 Å². The van der Waals surface area contributed by atoms with Gasteiger partial charge in [-0.1, -0.05) is 0 Å². The molecular formula is C19H15F8NO4S2. The maximum absolute atomic E-state index is 14.3. The molecule has 0 unspecified atom stereocenters. The van der Waals surface area contributed by atoms with E-state index < -0.39 is 94.5 Å². The molecule has 1 aliphatic rings. The third kappa shape index (κ3) is 4.77. The Morgan fingerprint density at radius 3 is 2.03 bits per heavy atom. The van der Waals surface area contributed by atoms with Crippen LogP contribution in [-0.4, -0.2) is 33.6 Å². The zero-order chi connectivity index (χ0) is 25.9. The van der Waals surface area contributed by atoms with Gasteiger partial charge in [-0.05, 0) is 55.7 Å². The number of halogens is 8. The molecule has 0 radical (unpaired) electrons. The molecule has 0 aliphatic heterocycles. The van der Waals surface area contributed by atoms with Gasteiger partial charge in [0.15, 0.2) is 9.84 Å². The average molecular weight is 537 g/mol. The summed E-state index contributed by atoms with van der Waals surface area (Å²) < 4.78 is 156. The van der Waals surface area contributed by atoms with E-state index in [1.807, 2.05) is 0 Å². The van der Waals surface area contributed by atoms with Crippen molar-refractivity contribution in [1.82, 2.24) is 4.72 Å². The molecule has 1 fully saturated rings. The lowest BCUT2D eigenvalue weighted by atomic mass is 9.93. The molecule has 0 bridgehead atoms. The number of hydrogen-bond donors (Lipinski definition) is 1. The molecule has 3 rings (SSSR count). The molecular weight excluding hydrogens is 522 g/mol. The molecule has 0 aromatic heterocycles. The molecule has 15 heteroatoms. The molecule has 5 nitrogen and oxygen atoms in total. The van der Waals surface area contributed by atoms with E-state index in [0.717, 1.165) is 6.92 Å². The summed E-state index contributed by atoms with van der Waals surface area (Å²) in [4.78, 5) is -0.665. The molecule has 1 saturated carbocycles. The molecule has 34 heavy (non-hydrogen) atoms. The van der Waals surface area contributed by atoms with Gasteiger partial charge in [0.25, 0.3) is 0 Å². The first-order valence-electron chi connectivity index (χ1n) is 9.35. The van der Waals surface area contributed by atoms with Gasteiger partial charge in [-0.25, -0.2) is 30.3 Å². The highest BCUT2D eigenvalue weighted by atomic mass is 32.2. The first-order chi connectivity index (χ1) is 15.4. The SMILES string of the molecule is Cc1c(S(=O)(=O)C2CC(NS(=O)(=O)C(F)(F)F)C2)ccc(C(F)(F)F)c1-c1cc(F)ccc1F. The molecule has 0 heterocycles. The fraction of sp³-hybridized carbons (Fsp3) is 0.368. The molecule has 2 aromatic rings. The Bertz CT molecular complexity index is 1330. The summed E-state index contributed by atoms with van der Waals surface area (Å²) in [6.45, 7) is 0.963. The molecule has 0 saturated heterocycles. The van der Waals surface area contributed by atoms with E-state index in [1.54, 1.807) is 0 Å². The van der Waals surface area contributed by atoms with Crippen molar-refractivity contribution in [2.45, 2.75) is 47.6 Å². The van der Waals surface area contributed by atoms with E-state index in [9.17, 15) is 52.0 Å². The van der Waals surface area contributed by atoms with Gasteiger partial charge in [0.1, 0.15) is 11.6 Å². The predicted octanol–water partition coefficient (Wildman–Crippen LogP) is 4.70.